The number of aromatic nitrogens is 4. The van der Waals surface area contributed by atoms with Gasteiger partial charge in [0.1, 0.15) is 11.3 Å². The van der Waals surface area contributed by atoms with E-state index in [9.17, 15) is 0 Å². The van der Waals surface area contributed by atoms with E-state index in [4.69, 9.17) is 19.4 Å². The van der Waals surface area contributed by atoms with Crippen LogP contribution in [0.5, 0.6) is 0 Å². The first-order valence-electron chi connectivity index (χ1n) is 19.5. The number of allylic oxidation sites excluding steroid dienone is 1. The molecule has 0 spiro atoms. The Balaban J connectivity index is 1.04. The Kier molecular flexibility index (Phi) is 7.78. The molecule has 0 saturated heterocycles. The molecular weight excluding hydrogens is 697 g/mol. The summed E-state index contributed by atoms with van der Waals surface area (Å²) >= 11 is 0. The summed E-state index contributed by atoms with van der Waals surface area (Å²) in [6.45, 7) is 2.24. The van der Waals surface area contributed by atoms with Gasteiger partial charge in [0.25, 0.3) is 0 Å². The van der Waals surface area contributed by atoms with E-state index < -0.39 is 0 Å². The minimum atomic E-state index is 0.470. The van der Waals surface area contributed by atoms with Gasteiger partial charge in [0.05, 0.1) is 11.0 Å². The van der Waals surface area contributed by atoms with Crippen LogP contribution in [0.4, 0.5) is 0 Å². The van der Waals surface area contributed by atoms with Crippen LogP contribution in [-0.2, 0) is 6.42 Å². The second-order valence-electron chi connectivity index (χ2n) is 14.9. The van der Waals surface area contributed by atoms with Gasteiger partial charge in [0.2, 0.25) is 0 Å². The van der Waals surface area contributed by atoms with Gasteiger partial charge in [-0.2, -0.15) is 0 Å². The standard InChI is InChI=1S/C52H36N4O/c1-33-25-27-43-44-23-12-22-41(49(44)57-48(43)29-33)37-26-28-47-45(32-37)42-21-8-9-24-46(42)56(47)40-20-11-19-39(31-40)52-54-50(35-15-6-3-7-16-35)53-51(55-52)38-18-10-17-36(30-38)34-13-4-2-5-14-34/h2-28,30-33H,29H2,1H3. The van der Waals surface area contributed by atoms with Crippen LogP contribution in [0.15, 0.2) is 180 Å². The van der Waals surface area contributed by atoms with Crippen molar-refractivity contribution < 1.29 is 4.42 Å². The third-order valence-corrected chi connectivity index (χ3v) is 11.2. The minimum absolute atomic E-state index is 0.470. The molecule has 1 unspecified atom stereocenters. The van der Waals surface area contributed by atoms with E-state index in [1.807, 2.05) is 36.4 Å². The summed E-state index contributed by atoms with van der Waals surface area (Å²) in [5, 5.41) is 3.54. The highest BCUT2D eigenvalue weighted by Crippen LogP contribution is 2.41. The largest absolute Gasteiger partial charge is 0.460 e. The Hall–Kier alpha value is -7.37. The van der Waals surface area contributed by atoms with Crippen LogP contribution in [0.1, 0.15) is 18.2 Å². The van der Waals surface area contributed by atoms with Gasteiger partial charge in [-0.15, -0.1) is 0 Å². The second kappa shape index (κ2) is 13.4. The zero-order chi connectivity index (χ0) is 37.9. The molecule has 270 valence electrons. The minimum Gasteiger partial charge on any atom is -0.460 e. The fourth-order valence-electron chi connectivity index (χ4n) is 8.39. The normalized spacial score (nSPS) is 13.7. The molecule has 0 N–H and O–H groups in total. The Labute approximate surface area is 330 Å². The summed E-state index contributed by atoms with van der Waals surface area (Å²) in [4.78, 5) is 15.2. The Morgan fingerprint density at radius 1 is 0.491 bits per heavy atom. The third-order valence-electron chi connectivity index (χ3n) is 11.2. The number of benzene rings is 7. The molecule has 10 aromatic rings. The van der Waals surface area contributed by atoms with Gasteiger partial charge in [-0.1, -0.05) is 153 Å². The summed E-state index contributed by atoms with van der Waals surface area (Å²) in [6, 6.07) is 59.4. The average Bonchev–Trinajstić information content (AvgIpc) is 3.82. The molecule has 0 fully saturated rings. The first kappa shape index (κ1) is 33.0. The number of furan rings is 1. The maximum atomic E-state index is 6.60. The van der Waals surface area contributed by atoms with E-state index in [0.717, 1.165) is 73.4 Å². The van der Waals surface area contributed by atoms with Gasteiger partial charge in [-0.05, 0) is 59.0 Å². The quantitative estimate of drug-likeness (QED) is 0.171. The number of para-hydroxylation sites is 2. The van der Waals surface area contributed by atoms with Crippen molar-refractivity contribution in [2.24, 2.45) is 5.92 Å². The molecule has 3 heterocycles. The lowest BCUT2D eigenvalue weighted by molar-refractivity contribution is 0.514. The molecule has 0 radical (unpaired) electrons. The summed E-state index contributed by atoms with van der Waals surface area (Å²) < 4.78 is 8.95. The fraction of sp³-hybridized carbons (Fsp3) is 0.0577. The lowest BCUT2D eigenvalue weighted by Crippen LogP contribution is -2.01. The summed E-state index contributed by atoms with van der Waals surface area (Å²) in [7, 11) is 0. The summed E-state index contributed by atoms with van der Waals surface area (Å²) in [5.41, 5.74) is 12.7. The molecule has 0 amide bonds. The first-order valence-corrected chi connectivity index (χ1v) is 19.5. The van der Waals surface area contributed by atoms with Crippen LogP contribution < -0.4 is 0 Å². The van der Waals surface area contributed by atoms with Crippen molar-refractivity contribution in [2.75, 3.05) is 0 Å². The van der Waals surface area contributed by atoms with Crippen molar-refractivity contribution in [3.05, 3.63) is 187 Å². The molecule has 1 atom stereocenters. The molecule has 1 aliphatic rings. The highest BCUT2D eigenvalue weighted by Gasteiger charge is 2.21. The Bertz CT molecular complexity index is 3170. The van der Waals surface area contributed by atoms with Crippen LogP contribution in [0, 0.1) is 5.92 Å². The van der Waals surface area contributed by atoms with Gasteiger partial charge < -0.3 is 8.98 Å². The van der Waals surface area contributed by atoms with Gasteiger partial charge in [-0.3, -0.25) is 0 Å². The maximum absolute atomic E-state index is 6.60. The number of hydrogen-bond donors (Lipinski definition) is 0. The number of hydrogen-bond acceptors (Lipinski definition) is 4. The monoisotopic (exact) mass is 732 g/mol. The zero-order valence-electron chi connectivity index (χ0n) is 31.3. The van der Waals surface area contributed by atoms with Gasteiger partial charge >= 0.3 is 0 Å². The lowest BCUT2D eigenvalue weighted by atomic mass is 9.94. The van der Waals surface area contributed by atoms with Crippen molar-refractivity contribution in [2.45, 2.75) is 13.3 Å². The lowest BCUT2D eigenvalue weighted by Gasteiger charge is -2.12. The molecule has 0 aliphatic heterocycles. The number of nitrogens with zero attached hydrogens (tertiary/aromatic N) is 4. The highest BCUT2D eigenvalue weighted by molar-refractivity contribution is 6.11. The Morgan fingerprint density at radius 3 is 1.91 bits per heavy atom. The fourth-order valence-corrected chi connectivity index (χ4v) is 8.39. The molecule has 1 aliphatic carbocycles. The molecule has 57 heavy (non-hydrogen) atoms. The third kappa shape index (κ3) is 5.75. The molecule has 0 saturated carbocycles. The van der Waals surface area contributed by atoms with E-state index in [1.165, 1.54) is 21.7 Å². The van der Waals surface area contributed by atoms with E-state index >= 15 is 0 Å². The van der Waals surface area contributed by atoms with Gasteiger partial charge in [-0.25, -0.2) is 15.0 Å². The predicted molar refractivity (Wildman–Crippen MR) is 233 cm³/mol. The number of rotatable bonds is 6. The van der Waals surface area contributed by atoms with E-state index in [0.29, 0.717) is 23.4 Å². The summed E-state index contributed by atoms with van der Waals surface area (Å²) in [6.07, 6.45) is 5.44. The molecule has 3 aromatic heterocycles. The van der Waals surface area contributed by atoms with Crippen molar-refractivity contribution in [1.29, 1.82) is 0 Å². The summed E-state index contributed by atoms with van der Waals surface area (Å²) in [5.74, 6) is 3.43. The van der Waals surface area contributed by atoms with E-state index in [1.54, 1.807) is 0 Å². The van der Waals surface area contributed by atoms with E-state index in [-0.39, 0.29) is 0 Å². The van der Waals surface area contributed by atoms with Gasteiger partial charge in [0.15, 0.2) is 17.5 Å². The van der Waals surface area contributed by atoms with Crippen molar-refractivity contribution >= 4 is 38.9 Å². The topological polar surface area (TPSA) is 56.7 Å². The molecular formula is C52H36N4O. The molecule has 5 nitrogen and oxygen atoms in total. The Morgan fingerprint density at radius 2 is 1.11 bits per heavy atom. The van der Waals surface area contributed by atoms with Crippen molar-refractivity contribution in [3.8, 4) is 62.1 Å². The van der Waals surface area contributed by atoms with Gasteiger partial charge in [0, 0.05) is 56.1 Å². The predicted octanol–water partition coefficient (Wildman–Crippen LogP) is 13.3. The van der Waals surface area contributed by atoms with Crippen molar-refractivity contribution in [3.63, 3.8) is 0 Å². The SMILES string of the molecule is CC1C=Cc2c(oc3c(-c4ccc5c(c4)c4ccccc4n5-c4cccc(-c5nc(-c6ccccc6)nc(-c6cccc(-c7ccccc7)c6)n5)c4)cccc23)C1. The smallest absolute Gasteiger partial charge is 0.164 e. The van der Waals surface area contributed by atoms with Crippen LogP contribution in [0.2, 0.25) is 0 Å². The molecule has 7 aromatic carbocycles. The zero-order valence-corrected chi connectivity index (χ0v) is 31.3. The first-order chi connectivity index (χ1) is 28.1. The molecule has 11 rings (SSSR count). The van der Waals surface area contributed by atoms with Crippen LogP contribution in [-0.4, -0.2) is 19.5 Å². The van der Waals surface area contributed by atoms with E-state index in [2.05, 4.69) is 157 Å². The average molecular weight is 733 g/mol. The number of fused-ring (bicyclic) bond motifs is 6. The molecule has 5 heteroatoms. The highest BCUT2D eigenvalue weighted by atomic mass is 16.3. The second-order valence-corrected chi connectivity index (χ2v) is 14.9. The van der Waals surface area contributed by atoms with Crippen LogP contribution >= 0.6 is 0 Å². The van der Waals surface area contributed by atoms with Crippen LogP contribution in [0.3, 0.4) is 0 Å². The maximum Gasteiger partial charge on any atom is 0.164 e. The molecule has 0 bridgehead atoms. The van der Waals surface area contributed by atoms with Crippen LogP contribution in [0.25, 0.3) is 101 Å². The van der Waals surface area contributed by atoms with Crippen molar-refractivity contribution in [1.82, 2.24) is 19.5 Å².